The Bertz CT molecular complexity index is 1480. The van der Waals surface area contributed by atoms with E-state index in [0.717, 1.165) is 18.2 Å². The molecule has 0 fully saturated rings. The molecule has 0 radical (unpaired) electrons. The van der Waals surface area contributed by atoms with Gasteiger partial charge in [-0.15, -0.1) is 0 Å². The number of nitrogens with one attached hydrogen (secondary N) is 2. The van der Waals surface area contributed by atoms with Crippen molar-refractivity contribution in [3.05, 3.63) is 59.8 Å². The zero-order valence-electron chi connectivity index (χ0n) is 22.1. The van der Waals surface area contributed by atoms with Crippen molar-refractivity contribution in [2.75, 3.05) is 31.6 Å². The van der Waals surface area contributed by atoms with Crippen molar-refractivity contribution in [1.29, 1.82) is 0 Å². The first-order valence-corrected chi connectivity index (χ1v) is 12.8. The number of hydrogen-bond donors (Lipinski definition) is 3. The lowest BCUT2D eigenvalue weighted by atomic mass is 10.0. The van der Waals surface area contributed by atoms with Crippen LogP contribution in [0.15, 0.2) is 43.0 Å². The van der Waals surface area contributed by atoms with E-state index in [-0.39, 0.29) is 23.1 Å². The number of amides is 1. The minimum atomic E-state index is -4.87. The summed E-state index contributed by atoms with van der Waals surface area (Å²) in [6.07, 6.45) is -1.54. The number of carbonyl (C=O) groups excluding carboxylic acids is 1. The van der Waals surface area contributed by atoms with E-state index >= 15 is 0 Å². The van der Waals surface area contributed by atoms with E-state index in [4.69, 9.17) is 10.5 Å². The van der Waals surface area contributed by atoms with E-state index in [9.17, 15) is 26.7 Å². The molecular weight excluding hydrogens is 551 g/mol. The van der Waals surface area contributed by atoms with Crippen LogP contribution in [0.2, 0.25) is 0 Å². The summed E-state index contributed by atoms with van der Waals surface area (Å²) < 4.78 is 74.1. The number of fused-ring (bicyclic) bond motifs is 1. The van der Waals surface area contributed by atoms with Crippen LogP contribution in [-0.4, -0.2) is 62.8 Å². The zero-order chi connectivity index (χ0) is 29.6. The van der Waals surface area contributed by atoms with E-state index < -0.39 is 30.4 Å². The van der Waals surface area contributed by atoms with Gasteiger partial charge in [0.25, 0.3) is 12.3 Å². The number of carbonyl (C=O) groups is 1. The highest BCUT2D eigenvalue weighted by Gasteiger charge is 2.38. The van der Waals surface area contributed by atoms with Gasteiger partial charge in [-0.3, -0.25) is 13.9 Å². The van der Waals surface area contributed by atoms with Crippen molar-refractivity contribution < 1.29 is 31.5 Å². The van der Waals surface area contributed by atoms with Gasteiger partial charge in [-0.1, -0.05) is 6.92 Å². The van der Waals surface area contributed by atoms with Crippen LogP contribution in [0.5, 0.6) is 0 Å². The molecule has 0 bridgehead atoms. The quantitative estimate of drug-likeness (QED) is 0.159. The van der Waals surface area contributed by atoms with Gasteiger partial charge in [0, 0.05) is 43.0 Å². The van der Waals surface area contributed by atoms with Crippen LogP contribution < -0.4 is 16.4 Å². The number of halogens is 5. The third-order valence-electron chi connectivity index (χ3n) is 6.08. The average Bonchev–Trinajstić information content (AvgIpc) is 3.55. The van der Waals surface area contributed by atoms with E-state index in [0.29, 0.717) is 48.7 Å². The Labute approximate surface area is 231 Å². The summed E-state index contributed by atoms with van der Waals surface area (Å²) in [6, 6.07) is 5.12. The summed E-state index contributed by atoms with van der Waals surface area (Å²) in [5, 5.41) is 9.27. The number of imidazole rings is 1. The Morgan fingerprint density at radius 1 is 1.20 bits per heavy atom. The molecule has 15 heteroatoms. The first-order valence-electron chi connectivity index (χ1n) is 12.8. The molecule has 4 N–H and O–H groups in total. The van der Waals surface area contributed by atoms with E-state index in [2.05, 4.69) is 25.7 Å². The molecular formula is C26H29F5N8O2. The molecule has 10 nitrogen and oxygen atoms in total. The molecule has 0 atom stereocenters. The van der Waals surface area contributed by atoms with Crippen LogP contribution in [0, 0.1) is 0 Å². The lowest BCUT2D eigenvalue weighted by Gasteiger charge is -2.13. The second kappa shape index (κ2) is 13.0. The Morgan fingerprint density at radius 2 is 2.00 bits per heavy atom. The molecule has 0 saturated heterocycles. The number of benzene rings is 1. The summed E-state index contributed by atoms with van der Waals surface area (Å²) in [7, 11) is 0. The number of aromatic nitrogens is 5. The molecule has 3 heterocycles. The van der Waals surface area contributed by atoms with Crippen molar-refractivity contribution in [2.24, 2.45) is 5.73 Å². The number of nitrogens with two attached hydrogens (primary N) is 1. The van der Waals surface area contributed by atoms with Crippen molar-refractivity contribution >= 4 is 23.1 Å². The average molecular weight is 581 g/mol. The third-order valence-corrected chi connectivity index (χ3v) is 6.08. The lowest BCUT2D eigenvalue weighted by Crippen LogP contribution is -2.28. The van der Waals surface area contributed by atoms with Gasteiger partial charge in [-0.25, -0.2) is 18.7 Å². The maximum absolute atomic E-state index is 13.7. The lowest BCUT2D eigenvalue weighted by molar-refractivity contribution is -0.141. The van der Waals surface area contributed by atoms with Crippen LogP contribution in [0.3, 0.4) is 0 Å². The Balaban J connectivity index is 1.57. The summed E-state index contributed by atoms with van der Waals surface area (Å²) >= 11 is 0. The molecule has 0 saturated carbocycles. The van der Waals surface area contributed by atoms with Gasteiger partial charge >= 0.3 is 6.18 Å². The fraction of sp³-hybridized carbons (Fsp3) is 0.385. The standard InChI is InChI=1S/C26H29F5N8O2/c1-2-16-12-17(4-5-18(16)25(40)34-8-11-41-10-3-6-32)36-23-24-35-13-20(39(24)9-7-33-23)19-14-38(15-21(27)28)37-22(19)26(29,30)31/h4-5,7,9,12-14,21H,2-3,6,8,10-11,15,32H2,1H3,(H,33,36)(H,34,40). The molecule has 41 heavy (non-hydrogen) atoms. The van der Waals surface area contributed by atoms with Gasteiger partial charge in [0.15, 0.2) is 17.2 Å². The normalized spacial score (nSPS) is 11.9. The number of nitrogens with zero attached hydrogens (tertiary/aromatic N) is 5. The van der Waals surface area contributed by atoms with Gasteiger partial charge in [-0.05, 0) is 43.1 Å². The molecule has 0 unspecified atom stereocenters. The highest BCUT2D eigenvalue weighted by Crippen LogP contribution is 2.37. The maximum Gasteiger partial charge on any atom is 0.435 e. The first kappa shape index (κ1) is 29.9. The molecule has 0 spiro atoms. The first-order chi connectivity index (χ1) is 19.6. The van der Waals surface area contributed by atoms with Crippen molar-refractivity contribution in [3.63, 3.8) is 0 Å². The Hall–Kier alpha value is -4.11. The number of hydrogen-bond acceptors (Lipinski definition) is 7. The fourth-order valence-electron chi connectivity index (χ4n) is 4.20. The Kier molecular flexibility index (Phi) is 9.50. The highest BCUT2D eigenvalue weighted by atomic mass is 19.4. The van der Waals surface area contributed by atoms with Gasteiger partial charge in [0.2, 0.25) is 0 Å². The van der Waals surface area contributed by atoms with Crippen molar-refractivity contribution in [2.45, 2.75) is 38.9 Å². The second-order valence-corrected chi connectivity index (χ2v) is 8.98. The predicted molar refractivity (Wildman–Crippen MR) is 141 cm³/mol. The Morgan fingerprint density at radius 3 is 2.71 bits per heavy atom. The molecule has 1 amide bonds. The molecule has 220 valence electrons. The molecule has 0 aliphatic heterocycles. The van der Waals surface area contributed by atoms with Gasteiger partial charge in [0.05, 0.1) is 24.1 Å². The highest BCUT2D eigenvalue weighted by molar-refractivity contribution is 5.96. The zero-order valence-corrected chi connectivity index (χ0v) is 22.1. The summed E-state index contributed by atoms with van der Waals surface area (Å²) in [6.45, 7) is 2.69. The van der Waals surface area contributed by atoms with Crippen LogP contribution in [0.25, 0.3) is 16.9 Å². The number of rotatable bonds is 13. The van der Waals surface area contributed by atoms with E-state index in [1.54, 1.807) is 18.2 Å². The van der Waals surface area contributed by atoms with Gasteiger partial charge < -0.3 is 21.1 Å². The number of anilines is 2. The van der Waals surface area contributed by atoms with Gasteiger partial charge in [-0.2, -0.15) is 18.3 Å². The molecule has 3 aromatic heterocycles. The number of aryl methyl sites for hydroxylation is 1. The van der Waals surface area contributed by atoms with Crippen molar-refractivity contribution in [3.8, 4) is 11.3 Å². The largest absolute Gasteiger partial charge is 0.435 e. The SMILES string of the molecule is CCc1cc(Nc2nccn3c(-c4cn(CC(F)F)nc4C(F)(F)F)cnc23)ccc1C(=O)NCCOCCCN. The summed E-state index contributed by atoms with van der Waals surface area (Å²) in [4.78, 5) is 21.2. The smallest absolute Gasteiger partial charge is 0.380 e. The molecule has 4 aromatic rings. The predicted octanol–water partition coefficient (Wildman–Crippen LogP) is 4.28. The maximum atomic E-state index is 13.7. The number of ether oxygens (including phenoxy) is 1. The van der Waals surface area contributed by atoms with Crippen LogP contribution in [-0.2, 0) is 23.9 Å². The van der Waals surface area contributed by atoms with Crippen LogP contribution >= 0.6 is 0 Å². The monoisotopic (exact) mass is 580 g/mol. The summed E-state index contributed by atoms with van der Waals surface area (Å²) in [5.74, 6) is -0.0111. The summed E-state index contributed by atoms with van der Waals surface area (Å²) in [5.41, 5.74) is 5.77. The van der Waals surface area contributed by atoms with Crippen LogP contribution in [0.1, 0.15) is 35.0 Å². The molecule has 0 aliphatic rings. The third kappa shape index (κ3) is 7.16. The number of alkyl halides is 5. The topological polar surface area (TPSA) is 124 Å². The fourth-order valence-corrected chi connectivity index (χ4v) is 4.20. The molecule has 0 aliphatic carbocycles. The van der Waals surface area contributed by atoms with Crippen molar-refractivity contribution in [1.82, 2.24) is 29.5 Å². The molecule has 4 rings (SSSR count). The van der Waals surface area contributed by atoms with E-state index in [1.807, 2.05) is 6.92 Å². The van der Waals surface area contributed by atoms with Gasteiger partial charge in [0.1, 0.15) is 6.54 Å². The van der Waals surface area contributed by atoms with Crippen LogP contribution in [0.4, 0.5) is 33.5 Å². The second-order valence-electron chi connectivity index (χ2n) is 8.98. The minimum absolute atomic E-state index is 0.00608. The minimum Gasteiger partial charge on any atom is -0.380 e. The van der Waals surface area contributed by atoms with E-state index in [1.165, 1.54) is 23.0 Å². The molecule has 1 aromatic carbocycles.